The molecule has 7 nitrogen and oxygen atoms in total. The minimum absolute atomic E-state index is 0.0303. The summed E-state index contributed by atoms with van der Waals surface area (Å²) in [7, 11) is 0. The molecular formula is C24H37F2N3O4. The molecule has 1 aliphatic rings. The zero-order valence-electron chi connectivity index (χ0n) is 20.2. The molecule has 2 rings (SSSR count). The molecule has 0 radical (unpaired) electrons. The lowest BCUT2D eigenvalue weighted by Crippen LogP contribution is -2.53. The Labute approximate surface area is 194 Å². The van der Waals surface area contributed by atoms with Crippen LogP contribution in [0.3, 0.4) is 0 Å². The van der Waals surface area contributed by atoms with E-state index in [4.69, 9.17) is 4.74 Å². The lowest BCUT2D eigenvalue weighted by molar-refractivity contribution is -0.126. The Morgan fingerprint density at radius 2 is 1.97 bits per heavy atom. The Bertz CT molecular complexity index is 813. The van der Waals surface area contributed by atoms with Crippen molar-refractivity contribution >= 4 is 12.0 Å². The van der Waals surface area contributed by atoms with Gasteiger partial charge < -0.3 is 20.5 Å². The molecule has 0 spiro atoms. The second kappa shape index (κ2) is 11.7. The van der Waals surface area contributed by atoms with Crippen LogP contribution in [-0.2, 0) is 16.0 Å². The van der Waals surface area contributed by atoms with Crippen molar-refractivity contribution in [1.29, 1.82) is 0 Å². The van der Waals surface area contributed by atoms with Crippen LogP contribution in [0.4, 0.5) is 13.6 Å². The zero-order valence-corrected chi connectivity index (χ0v) is 20.2. The third-order valence-electron chi connectivity index (χ3n) is 5.39. The standard InChI is InChI=1S/C24H37F2N3O4/c1-15(2)13-27-22(31)20-7-6-10-29(20)14-21(30)19(28-23(32)33-24(3,4)5)12-16-11-17(25)8-9-18(16)26/h8-9,11,15,19-21,30H,6-7,10,12-14H2,1-5H3,(H,27,31)(H,28,32)/t19-,20?,21-/m1/s1. The van der Waals surface area contributed by atoms with Gasteiger partial charge in [-0.15, -0.1) is 0 Å². The van der Waals surface area contributed by atoms with E-state index in [0.29, 0.717) is 25.4 Å². The maximum absolute atomic E-state index is 14.3. The normalized spacial score (nSPS) is 18.8. The first-order valence-corrected chi connectivity index (χ1v) is 11.5. The van der Waals surface area contributed by atoms with Gasteiger partial charge in [0.05, 0.1) is 18.2 Å². The number of rotatable bonds is 9. The fourth-order valence-corrected chi connectivity index (χ4v) is 3.81. The number of amides is 2. The summed E-state index contributed by atoms with van der Waals surface area (Å²) in [6, 6.07) is 1.74. The first kappa shape index (κ1) is 27.0. The molecule has 0 bridgehead atoms. The number of carbonyl (C=O) groups is 2. The van der Waals surface area contributed by atoms with Gasteiger partial charge in [-0.05, 0) is 76.3 Å². The van der Waals surface area contributed by atoms with Crippen LogP contribution in [0.5, 0.6) is 0 Å². The smallest absolute Gasteiger partial charge is 0.407 e. The van der Waals surface area contributed by atoms with Crippen LogP contribution >= 0.6 is 0 Å². The number of nitrogens with zero attached hydrogens (tertiary/aromatic N) is 1. The molecule has 1 unspecified atom stereocenters. The molecule has 2 amide bonds. The van der Waals surface area contributed by atoms with Gasteiger partial charge in [0.15, 0.2) is 0 Å². The van der Waals surface area contributed by atoms with E-state index in [1.54, 1.807) is 20.8 Å². The number of likely N-dealkylation sites (tertiary alicyclic amines) is 1. The fraction of sp³-hybridized carbons (Fsp3) is 0.667. The van der Waals surface area contributed by atoms with Crippen LogP contribution < -0.4 is 10.6 Å². The molecule has 1 fully saturated rings. The summed E-state index contributed by atoms with van der Waals surface area (Å²) >= 11 is 0. The first-order valence-electron chi connectivity index (χ1n) is 11.5. The summed E-state index contributed by atoms with van der Waals surface area (Å²) in [5.41, 5.74) is -0.735. The molecule has 3 atom stereocenters. The van der Waals surface area contributed by atoms with Crippen molar-refractivity contribution in [2.45, 2.75) is 77.7 Å². The number of nitrogens with one attached hydrogen (secondary N) is 2. The number of β-amino-alcohol motifs (C(OH)–C–C–N with tert-alkyl or cyclic N) is 1. The summed E-state index contributed by atoms with van der Waals surface area (Å²) in [5.74, 6) is -1.02. The molecule has 9 heteroatoms. The molecule has 1 saturated heterocycles. The monoisotopic (exact) mass is 469 g/mol. The van der Waals surface area contributed by atoms with E-state index in [1.807, 2.05) is 18.7 Å². The van der Waals surface area contributed by atoms with E-state index in [1.165, 1.54) is 0 Å². The van der Waals surface area contributed by atoms with Crippen molar-refractivity contribution in [1.82, 2.24) is 15.5 Å². The second-order valence-electron chi connectivity index (χ2n) is 10.1. The van der Waals surface area contributed by atoms with E-state index in [2.05, 4.69) is 10.6 Å². The van der Waals surface area contributed by atoms with Crippen LogP contribution in [0.2, 0.25) is 0 Å². The van der Waals surface area contributed by atoms with Gasteiger partial charge in [-0.2, -0.15) is 0 Å². The zero-order chi connectivity index (χ0) is 24.8. The third-order valence-corrected chi connectivity index (χ3v) is 5.39. The maximum atomic E-state index is 14.3. The fourth-order valence-electron chi connectivity index (χ4n) is 3.81. The van der Waals surface area contributed by atoms with Crippen molar-refractivity contribution < 1.29 is 28.2 Å². The van der Waals surface area contributed by atoms with Crippen LogP contribution in [0.15, 0.2) is 18.2 Å². The van der Waals surface area contributed by atoms with E-state index < -0.39 is 35.5 Å². The topological polar surface area (TPSA) is 90.9 Å². The highest BCUT2D eigenvalue weighted by molar-refractivity contribution is 5.82. The molecule has 186 valence electrons. The Balaban J connectivity index is 2.14. The van der Waals surface area contributed by atoms with Gasteiger partial charge in [0.2, 0.25) is 5.91 Å². The van der Waals surface area contributed by atoms with E-state index in [0.717, 1.165) is 24.6 Å². The van der Waals surface area contributed by atoms with Gasteiger partial charge in [-0.3, -0.25) is 9.69 Å². The van der Waals surface area contributed by atoms with Crippen molar-refractivity contribution in [3.05, 3.63) is 35.4 Å². The third kappa shape index (κ3) is 8.89. The Morgan fingerprint density at radius 1 is 1.27 bits per heavy atom. The number of alkyl carbamates (subject to hydrolysis) is 1. The number of aliphatic hydroxyl groups is 1. The van der Waals surface area contributed by atoms with Gasteiger partial charge in [0.1, 0.15) is 17.2 Å². The molecule has 1 heterocycles. The number of hydrogen-bond donors (Lipinski definition) is 3. The number of hydrogen-bond acceptors (Lipinski definition) is 5. The average Bonchev–Trinajstić information content (AvgIpc) is 3.15. The number of halogens is 2. The Morgan fingerprint density at radius 3 is 2.61 bits per heavy atom. The van der Waals surface area contributed by atoms with Crippen LogP contribution in [0, 0.1) is 17.6 Å². The molecule has 33 heavy (non-hydrogen) atoms. The lowest BCUT2D eigenvalue weighted by Gasteiger charge is -2.31. The Kier molecular flexibility index (Phi) is 9.60. The number of ether oxygens (including phenoxy) is 1. The predicted octanol–water partition coefficient (Wildman–Crippen LogP) is 3.00. The summed E-state index contributed by atoms with van der Waals surface area (Å²) in [5, 5.41) is 16.5. The second-order valence-corrected chi connectivity index (χ2v) is 10.1. The summed E-state index contributed by atoms with van der Waals surface area (Å²) < 4.78 is 33.2. The average molecular weight is 470 g/mol. The molecule has 3 N–H and O–H groups in total. The van der Waals surface area contributed by atoms with Crippen molar-refractivity contribution in [3.8, 4) is 0 Å². The van der Waals surface area contributed by atoms with E-state index in [9.17, 15) is 23.5 Å². The molecule has 0 saturated carbocycles. The van der Waals surface area contributed by atoms with Crippen LogP contribution in [-0.4, -0.2) is 65.4 Å². The Hall–Kier alpha value is -2.26. The van der Waals surface area contributed by atoms with Gasteiger partial charge in [-0.1, -0.05) is 13.8 Å². The largest absolute Gasteiger partial charge is 0.444 e. The molecule has 1 aromatic rings. The van der Waals surface area contributed by atoms with Crippen LogP contribution in [0.1, 0.15) is 53.0 Å². The van der Waals surface area contributed by atoms with Gasteiger partial charge in [0.25, 0.3) is 0 Å². The summed E-state index contributed by atoms with van der Waals surface area (Å²) in [4.78, 5) is 26.9. The first-order chi connectivity index (χ1) is 15.4. The maximum Gasteiger partial charge on any atom is 0.407 e. The minimum Gasteiger partial charge on any atom is -0.444 e. The SMILES string of the molecule is CC(C)CNC(=O)C1CCCN1C[C@@H](O)[C@@H](Cc1cc(F)ccc1F)NC(=O)OC(C)(C)C. The highest BCUT2D eigenvalue weighted by Crippen LogP contribution is 2.20. The quantitative estimate of drug-likeness (QED) is 0.517. The highest BCUT2D eigenvalue weighted by Gasteiger charge is 2.34. The van der Waals surface area contributed by atoms with E-state index >= 15 is 0 Å². The minimum atomic E-state index is -1.14. The van der Waals surface area contributed by atoms with Crippen molar-refractivity contribution in [2.24, 2.45) is 5.92 Å². The summed E-state index contributed by atoms with van der Waals surface area (Å²) in [6.07, 6.45) is -0.578. The number of carbonyl (C=O) groups excluding carboxylic acids is 2. The molecule has 1 aliphatic heterocycles. The van der Waals surface area contributed by atoms with E-state index in [-0.39, 0.29) is 30.5 Å². The molecule has 0 aromatic heterocycles. The number of aliphatic hydroxyl groups excluding tert-OH is 1. The lowest BCUT2D eigenvalue weighted by atomic mass is 10.00. The molecule has 1 aromatic carbocycles. The molecule has 0 aliphatic carbocycles. The van der Waals surface area contributed by atoms with Crippen LogP contribution in [0.25, 0.3) is 0 Å². The highest BCUT2D eigenvalue weighted by atomic mass is 19.1. The predicted molar refractivity (Wildman–Crippen MR) is 122 cm³/mol. The van der Waals surface area contributed by atoms with Gasteiger partial charge in [0, 0.05) is 13.1 Å². The summed E-state index contributed by atoms with van der Waals surface area (Å²) in [6.45, 7) is 10.4. The van der Waals surface area contributed by atoms with Crippen molar-refractivity contribution in [2.75, 3.05) is 19.6 Å². The molecular weight excluding hydrogens is 432 g/mol. The van der Waals surface area contributed by atoms with Crippen molar-refractivity contribution in [3.63, 3.8) is 0 Å². The van der Waals surface area contributed by atoms with Gasteiger partial charge in [-0.25, -0.2) is 13.6 Å². The van der Waals surface area contributed by atoms with Gasteiger partial charge >= 0.3 is 6.09 Å². The number of benzene rings is 1.